The summed E-state index contributed by atoms with van der Waals surface area (Å²) in [6.45, 7) is 0. The first-order valence-electron chi connectivity index (χ1n) is 9.04. The second-order valence-electron chi connectivity index (χ2n) is 7.10. The van der Waals surface area contributed by atoms with E-state index in [2.05, 4.69) is 6.08 Å². The van der Waals surface area contributed by atoms with Crippen molar-refractivity contribution in [3.8, 4) is 0 Å². The van der Waals surface area contributed by atoms with Crippen molar-refractivity contribution in [1.29, 1.82) is 0 Å². The Morgan fingerprint density at radius 2 is 1.78 bits per heavy atom. The highest BCUT2D eigenvalue weighted by Crippen LogP contribution is 2.31. The van der Waals surface area contributed by atoms with Crippen molar-refractivity contribution in [2.24, 2.45) is 11.7 Å². The number of rotatable bonds is 5. The van der Waals surface area contributed by atoms with Crippen LogP contribution in [0.15, 0.2) is 60.2 Å². The Balaban J connectivity index is 1.60. The summed E-state index contributed by atoms with van der Waals surface area (Å²) in [5.74, 6) is 0.0433. The number of carbonyl (C=O) groups excluding carboxylic acids is 1. The van der Waals surface area contributed by atoms with Crippen LogP contribution >= 0.6 is 0 Å². The molecular formula is C22H22F3NO. The zero-order chi connectivity index (χ0) is 19.4. The van der Waals surface area contributed by atoms with Crippen LogP contribution in [0, 0.1) is 5.92 Å². The van der Waals surface area contributed by atoms with Crippen LogP contribution in [0.3, 0.4) is 0 Å². The highest BCUT2D eigenvalue weighted by atomic mass is 19.4. The fourth-order valence-electron chi connectivity index (χ4n) is 3.61. The summed E-state index contributed by atoms with van der Waals surface area (Å²) in [6, 6.07) is 12.8. The molecule has 2 nitrogen and oxygen atoms in total. The Morgan fingerprint density at radius 3 is 2.37 bits per heavy atom. The lowest BCUT2D eigenvalue weighted by Crippen LogP contribution is -2.16. The standard InChI is InChI=1S/C22H22F3NO/c23-22(24,25)19-11-9-16(10-12-19)13-15-5-7-17(8-6-15)14-18-3-1-2-4-20(18)21(26)27/h1-5,9-12,17H,6-8,13-14H2,(H2,26,27). The predicted molar refractivity (Wildman–Crippen MR) is 99.2 cm³/mol. The summed E-state index contributed by atoms with van der Waals surface area (Å²) < 4.78 is 37.9. The molecule has 0 spiro atoms. The Morgan fingerprint density at radius 1 is 1.07 bits per heavy atom. The molecule has 0 radical (unpaired) electrons. The molecule has 0 aromatic heterocycles. The molecule has 5 heteroatoms. The normalized spacial score (nSPS) is 17.4. The van der Waals surface area contributed by atoms with Gasteiger partial charge in [-0.1, -0.05) is 42.0 Å². The molecule has 3 rings (SSSR count). The second-order valence-corrected chi connectivity index (χ2v) is 7.10. The van der Waals surface area contributed by atoms with Crippen LogP contribution in [0.2, 0.25) is 0 Å². The van der Waals surface area contributed by atoms with Gasteiger partial charge in [0.05, 0.1) is 5.56 Å². The molecule has 1 unspecified atom stereocenters. The molecule has 0 aliphatic heterocycles. The van der Waals surface area contributed by atoms with Crippen molar-refractivity contribution in [3.05, 3.63) is 82.4 Å². The highest BCUT2D eigenvalue weighted by Gasteiger charge is 2.30. The molecule has 1 amide bonds. The molecule has 27 heavy (non-hydrogen) atoms. The Labute approximate surface area is 156 Å². The largest absolute Gasteiger partial charge is 0.416 e. The van der Waals surface area contributed by atoms with E-state index in [4.69, 9.17) is 5.73 Å². The van der Waals surface area contributed by atoms with Crippen LogP contribution in [-0.2, 0) is 19.0 Å². The maximum absolute atomic E-state index is 12.6. The van der Waals surface area contributed by atoms with Crippen molar-refractivity contribution >= 4 is 5.91 Å². The van der Waals surface area contributed by atoms with Crippen LogP contribution in [-0.4, -0.2) is 5.91 Å². The van der Waals surface area contributed by atoms with E-state index in [1.807, 2.05) is 18.2 Å². The predicted octanol–water partition coefficient (Wildman–Crippen LogP) is 5.32. The first-order chi connectivity index (χ1) is 12.8. The van der Waals surface area contributed by atoms with Crippen LogP contribution in [0.25, 0.3) is 0 Å². The number of hydrogen-bond acceptors (Lipinski definition) is 1. The quantitative estimate of drug-likeness (QED) is 0.709. The zero-order valence-electron chi connectivity index (χ0n) is 14.9. The fourth-order valence-corrected chi connectivity index (χ4v) is 3.61. The van der Waals surface area contributed by atoms with Crippen LogP contribution < -0.4 is 5.73 Å². The lowest BCUT2D eigenvalue weighted by Gasteiger charge is -2.23. The van der Waals surface area contributed by atoms with Gasteiger partial charge in [-0.2, -0.15) is 13.2 Å². The van der Waals surface area contributed by atoms with Gasteiger partial charge in [-0.25, -0.2) is 0 Å². The minimum Gasteiger partial charge on any atom is -0.366 e. The van der Waals surface area contributed by atoms with E-state index in [0.29, 0.717) is 17.9 Å². The van der Waals surface area contributed by atoms with Gasteiger partial charge >= 0.3 is 6.18 Å². The Hall–Kier alpha value is -2.56. The summed E-state index contributed by atoms with van der Waals surface area (Å²) in [5, 5.41) is 0. The molecule has 0 heterocycles. The van der Waals surface area contributed by atoms with E-state index < -0.39 is 17.6 Å². The number of benzene rings is 2. The molecule has 1 aliphatic carbocycles. The molecule has 1 aliphatic rings. The minimum atomic E-state index is -4.29. The van der Waals surface area contributed by atoms with Crippen molar-refractivity contribution in [2.45, 2.75) is 38.3 Å². The topological polar surface area (TPSA) is 43.1 Å². The highest BCUT2D eigenvalue weighted by molar-refractivity contribution is 5.94. The molecule has 0 bridgehead atoms. The van der Waals surface area contributed by atoms with Crippen molar-refractivity contribution in [1.82, 2.24) is 0 Å². The molecular weight excluding hydrogens is 351 g/mol. The molecule has 0 saturated heterocycles. The van der Waals surface area contributed by atoms with Gasteiger partial charge in [0.15, 0.2) is 0 Å². The van der Waals surface area contributed by atoms with E-state index in [0.717, 1.165) is 48.9 Å². The molecule has 2 aromatic rings. The van der Waals surface area contributed by atoms with Gasteiger partial charge in [-0.3, -0.25) is 4.79 Å². The molecule has 2 aromatic carbocycles. The van der Waals surface area contributed by atoms with Crippen molar-refractivity contribution < 1.29 is 18.0 Å². The maximum atomic E-state index is 12.6. The number of amides is 1. The Kier molecular flexibility index (Phi) is 5.68. The number of alkyl halides is 3. The summed E-state index contributed by atoms with van der Waals surface area (Å²) in [4.78, 5) is 11.5. The monoisotopic (exact) mass is 373 g/mol. The third-order valence-electron chi connectivity index (χ3n) is 5.12. The third kappa shape index (κ3) is 5.00. The average molecular weight is 373 g/mol. The molecule has 142 valence electrons. The van der Waals surface area contributed by atoms with Crippen molar-refractivity contribution in [2.75, 3.05) is 0 Å². The van der Waals surface area contributed by atoms with Gasteiger partial charge in [0.2, 0.25) is 5.91 Å². The van der Waals surface area contributed by atoms with E-state index in [1.54, 1.807) is 18.2 Å². The first kappa shape index (κ1) is 19.2. The molecule has 0 fully saturated rings. The number of hydrogen-bond donors (Lipinski definition) is 1. The van der Waals surface area contributed by atoms with Crippen molar-refractivity contribution in [3.63, 3.8) is 0 Å². The van der Waals surface area contributed by atoms with Gasteiger partial charge in [-0.15, -0.1) is 0 Å². The van der Waals surface area contributed by atoms with Crippen LogP contribution in [0.1, 0.15) is 46.3 Å². The Bertz CT molecular complexity index is 837. The lowest BCUT2D eigenvalue weighted by molar-refractivity contribution is -0.137. The van der Waals surface area contributed by atoms with E-state index in [-0.39, 0.29) is 0 Å². The van der Waals surface area contributed by atoms with E-state index in [9.17, 15) is 18.0 Å². The van der Waals surface area contributed by atoms with Crippen LogP contribution in [0.5, 0.6) is 0 Å². The molecule has 1 atom stereocenters. The molecule has 0 saturated carbocycles. The smallest absolute Gasteiger partial charge is 0.366 e. The lowest BCUT2D eigenvalue weighted by atomic mass is 9.83. The molecule has 2 N–H and O–H groups in total. The maximum Gasteiger partial charge on any atom is 0.416 e. The first-order valence-corrected chi connectivity index (χ1v) is 9.04. The summed E-state index contributed by atoms with van der Waals surface area (Å²) in [6.07, 6.45) is 2.22. The third-order valence-corrected chi connectivity index (χ3v) is 5.12. The van der Waals surface area contributed by atoms with E-state index in [1.165, 1.54) is 5.57 Å². The SMILES string of the molecule is NC(=O)c1ccccc1CC1CC=C(Cc2ccc(C(F)(F)F)cc2)CC1. The van der Waals surface area contributed by atoms with E-state index >= 15 is 0 Å². The van der Waals surface area contributed by atoms with Gasteiger partial charge in [0.25, 0.3) is 0 Å². The summed E-state index contributed by atoms with van der Waals surface area (Å²) >= 11 is 0. The summed E-state index contributed by atoms with van der Waals surface area (Å²) in [5.41, 5.74) is 8.55. The number of carbonyl (C=O) groups is 1. The second kappa shape index (κ2) is 7.99. The minimum absolute atomic E-state index is 0.403. The number of primary amides is 1. The number of allylic oxidation sites excluding steroid dienone is 2. The van der Waals surface area contributed by atoms with Gasteiger partial charge in [0, 0.05) is 5.56 Å². The number of nitrogens with two attached hydrogens (primary N) is 1. The van der Waals surface area contributed by atoms with Gasteiger partial charge < -0.3 is 5.73 Å². The average Bonchev–Trinajstić information content (AvgIpc) is 2.63. The van der Waals surface area contributed by atoms with Gasteiger partial charge in [-0.05, 0) is 67.3 Å². The van der Waals surface area contributed by atoms with Crippen LogP contribution in [0.4, 0.5) is 13.2 Å². The summed E-state index contributed by atoms with van der Waals surface area (Å²) in [7, 11) is 0. The number of halogens is 3. The zero-order valence-corrected chi connectivity index (χ0v) is 14.9. The fraction of sp³-hybridized carbons (Fsp3) is 0.318. The van der Waals surface area contributed by atoms with Gasteiger partial charge in [0.1, 0.15) is 0 Å².